The van der Waals surface area contributed by atoms with Crippen molar-refractivity contribution in [3.05, 3.63) is 0 Å². The maximum atomic E-state index is 12.8. The van der Waals surface area contributed by atoms with E-state index in [0.29, 0.717) is 12.8 Å². The smallest absolute Gasteiger partial charge is 0.332 e. The van der Waals surface area contributed by atoms with Gasteiger partial charge in [-0.1, -0.05) is 143 Å². The summed E-state index contributed by atoms with van der Waals surface area (Å²) in [4.78, 5) is 40.2. The van der Waals surface area contributed by atoms with Gasteiger partial charge in [0.1, 0.15) is 24.9 Å². The zero-order chi connectivity index (χ0) is 42.9. The van der Waals surface area contributed by atoms with Gasteiger partial charge in [0.2, 0.25) is 0 Å². The molecule has 0 rings (SSSR count). The minimum Gasteiger partial charge on any atom is -0.462 e. The molecule has 1 unspecified atom stereocenters. The molecule has 0 aromatic carbocycles. The predicted molar refractivity (Wildman–Crippen MR) is 243 cm³/mol. The molecule has 1 atom stereocenters. The molecule has 0 spiro atoms. The molecule has 0 aliphatic heterocycles. The molecule has 8 heteroatoms. The van der Waals surface area contributed by atoms with E-state index in [4.69, 9.17) is 18.9 Å². The van der Waals surface area contributed by atoms with Crippen LogP contribution >= 0.6 is 0 Å². The molecule has 0 radical (unpaired) electrons. The Labute approximate surface area is 359 Å². The monoisotopic (exact) mass is 824 g/mol. The van der Waals surface area contributed by atoms with Crippen LogP contribution in [0.5, 0.6) is 0 Å². The van der Waals surface area contributed by atoms with Crippen molar-refractivity contribution >= 4 is 17.9 Å². The van der Waals surface area contributed by atoms with Crippen molar-refractivity contribution in [3.63, 3.8) is 0 Å². The van der Waals surface area contributed by atoms with Crippen LogP contribution in [0.1, 0.15) is 253 Å². The number of rotatable bonds is 44. The van der Waals surface area contributed by atoms with E-state index in [1.54, 1.807) is 0 Å². The van der Waals surface area contributed by atoms with Crippen molar-refractivity contribution in [2.75, 3.05) is 27.2 Å². The van der Waals surface area contributed by atoms with Gasteiger partial charge in [0.15, 0.2) is 0 Å². The van der Waals surface area contributed by atoms with Crippen LogP contribution in [-0.4, -0.2) is 74.5 Å². The van der Waals surface area contributed by atoms with E-state index in [1.165, 1.54) is 77.0 Å². The van der Waals surface area contributed by atoms with E-state index in [1.807, 2.05) is 21.0 Å². The van der Waals surface area contributed by atoms with E-state index in [2.05, 4.69) is 32.6 Å². The Hall–Kier alpha value is -1.67. The molecule has 0 heterocycles. The highest BCUT2D eigenvalue weighted by Crippen LogP contribution is 2.21. The fourth-order valence-corrected chi connectivity index (χ4v) is 7.81. The Morgan fingerprint density at radius 1 is 0.397 bits per heavy atom. The third kappa shape index (κ3) is 38.5. The van der Waals surface area contributed by atoms with Crippen molar-refractivity contribution in [2.45, 2.75) is 277 Å². The van der Waals surface area contributed by atoms with E-state index < -0.39 is 0 Å². The van der Waals surface area contributed by atoms with Gasteiger partial charge in [-0.2, -0.15) is 0 Å². The van der Waals surface area contributed by atoms with E-state index in [0.717, 1.165) is 135 Å². The zero-order valence-electron chi connectivity index (χ0n) is 39.6. The van der Waals surface area contributed by atoms with E-state index in [9.17, 15) is 14.4 Å². The Morgan fingerprint density at radius 2 is 0.672 bits per heavy atom. The zero-order valence-corrected chi connectivity index (χ0v) is 39.6. The van der Waals surface area contributed by atoms with Crippen molar-refractivity contribution < 1.29 is 33.3 Å². The second-order valence-electron chi connectivity index (χ2n) is 17.7. The van der Waals surface area contributed by atoms with Gasteiger partial charge in [-0.05, 0) is 111 Å². The van der Waals surface area contributed by atoms with Gasteiger partial charge in [0.05, 0.1) is 6.10 Å². The first kappa shape index (κ1) is 56.3. The third-order valence-corrected chi connectivity index (χ3v) is 11.3. The normalized spacial score (nSPS) is 12.3. The first-order chi connectivity index (χ1) is 28.1. The quantitative estimate of drug-likeness (QED) is 0.0341. The van der Waals surface area contributed by atoms with E-state index >= 15 is 0 Å². The maximum absolute atomic E-state index is 12.8. The van der Waals surface area contributed by atoms with Crippen LogP contribution in [-0.2, 0) is 33.3 Å². The van der Waals surface area contributed by atoms with Crippen molar-refractivity contribution in [1.29, 1.82) is 0 Å². The molecule has 0 aromatic rings. The van der Waals surface area contributed by atoms with Gasteiger partial charge in [-0.25, -0.2) is 4.79 Å². The van der Waals surface area contributed by atoms with Crippen LogP contribution in [0.2, 0.25) is 0 Å². The SMILES string of the molecule is CCCCCCC(CCCCCC)OC(=O)CCCCCCCC(CCCCCCCC(=O)OC(CCCCCC)CCCCCC)OC(=O)COC(C)CN(C)C. The van der Waals surface area contributed by atoms with Gasteiger partial charge >= 0.3 is 17.9 Å². The molecule has 0 saturated heterocycles. The van der Waals surface area contributed by atoms with Gasteiger partial charge in [-0.3, -0.25) is 9.59 Å². The lowest BCUT2D eigenvalue weighted by Crippen LogP contribution is -2.29. The summed E-state index contributed by atoms with van der Waals surface area (Å²) < 4.78 is 23.7. The van der Waals surface area contributed by atoms with Gasteiger partial charge in [0, 0.05) is 19.4 Å². The lowest BCUT2D eigenvalue weighted by atomic mass is 10.0. The summed E-state index contributed by atoms with van der Waals surface area (Å²) in [6.45, 7) is 11.6. The minimum absolute atomic E-state index is 0.0195. The summed E-state index contributed by atoms with van der Waals surface area (Å²) in [5.74, 6) is -0.337. The summed E-state index contributed by atoms with van der Waals surface area (Å²) in [6, 6.07) is 0. The molecule has 58 heavy (non-hydrogen) atoms. The van der Waals surface area contributed by atoms with Crippen LogP contribution in [0.4, 0.5) is 0 Å². The van der Waals surface area contributed by atoms with Crippen molar-refractivity contribution in [3.8, 4) is 0 Å². The molecule has 0 saturated carbocycles. The summed E-state index contributed by atoms with van der Waals surface area (Å²) in [6.07, 6.45) is 36.1. The Bertz CT molecular complexity index is 848. The number of nitrogens with zero attached hydrogens (tertiary/aromatic N) is 1. The molecule has 0 amide bonds. The Balaban J connectivity index is 4.65. The molecule has 0 aliphatic rings. The van der Waals surface area contributed by atoms with Gasteiger partial charge in [0.25, 0.3) is 0 Å². The fourth-order valence-electron chi connectivity index (χ4n) is 7.81. The average molecular weight is 824 g/mol. The first-order valence-electron chi connectivity index (χ1n) is 25.0. The third-order valence-electron chi connectivity index (χ3n) is 11.3. The molecule has 0 fully saturated rings. The molecular formula is C50H97NO7. The van der Waals surface area contributed by atoms with Crippen LogP contribution < -0.4 is 0 Å². The first-order valence-corrected chi connectivity index (χ1v) is 25.0. The molecular weight excluding hydrogens is 727 g/mol. The van der Waals surface area contributed by atoms with Crippen LogP contribution in [0, 0.1) is 0 Å². The molecule has 0 bridgehead atoms. The number of ether oxygens (including phenoxy) is 4. The number of hydrogen-bond acceptors (Lipinski definition) is 8. The topological polar surface area (TPSA) is 91.4 Å². The van der Waals surface area contributed by atoms with Gasteiger partial charge < -0.3 is 23.8 Å². The molecule has 8 nitrogen and oxygen atoms in total. The lowest BCUT2D eigenvalue weighted by molar-refractivity contribution is -0.157. The number of unbranched alkanes of at least 4 members (excludes halogenated alkanes) is 20. The second-order valence-corrected chi connectivity index (χ2v) is 17.7. The Morgan fingerprint density at radius 3 is 0.983 bits per heavy atom. The number of hydrogen-bond donors (Lipinski definition) is 0. The van der Waals surface area contributed by atoms with Crippen LogP contribution in [0.15, 0.2) is 0 Å². The summed E-state index contributed by atoms with van der Waals surface area (Å²) in [5, 5.41) is 0. The van der Waals surface area contributed by atoms with E-state index in [-0.39, 0.29) is 48.9 Å². The minimum atomic E-state index is -0.282. The predicted octanol–water partition coefficient (Wildman–Crippen LogP) is 14.0. The average Bonchev–Trinajstić information content (AvgIpc) is 3.19. The number of esters is 3. The van der Waals surface area contributed by atoms with Crippen LogP contribution in [0.25, 0.3) is 0 Å². The molecule has 344 valence electrons. The van der Waals surface area contributed by atoms with Crippen molar-refractivity contribution in [1.82, 2.24) is 4.90 Å². The summed E-state index contributed by atoms with van der Waals surface area (Å²) >= 11 is 0. The number of carbonyl (C=O) groups excluding carboxylic acids is 3. The molecule has 0 aromatic heterocycles. The maximum Gasteiger partial charge on any atom is 0.332 e. The fraction of sp³-hybridized carbons (Fsp3) is 0.940. The number of likely N-dealkylation sites (N-methyl/N-ethyl adjacent to an activating group) is 1. The summed E-state index contributed by atoms with van der Waals surface area (Å²) in [7, 11) is 3.99. The molecule has 0 N–H and O–H groups in total. The van der Waals surface area contributed by atoms with Crippen molar-refractivity contribution in [2.24, 2.45) is 0 Å². The summed E-state index contributed by atoms with van der Waals surface area (Å²) in [5.41, 5.74) is 0. The highest BCUT2D eigenvalue weighted by molar-refractivity contribution is 5.71. The number of carbonyl (C=O) groups is 3. The largest absolute Gasteiger partial charge is 0.462 e. The highest BCUT2D eigenvalue weighted by atomic mass is 16.6. The lowest BCUT2D eigenvalue weighted by Gasteiger charge is -2.20. The highest BCUT2D eigenvalue weighted by Gasteiger charge is 2.18. The van der Waals surface area contributed by atoms with Crippen LogP contribution in [0.3, 0.4) is 0 Å². The molecule has 0 aliphatic carbocycles. The Kier molecular flexibility index (Phi) is 40.8. The standard InChI is InChI=1S/C50H97NO7/c1-8-12-16-26-34-45(35-27-17-13-9-2)56-48(52)40-32-24-20-22-30-38-47(58-50(54)43-55-44(5)42-51(6)7)39-31-23-21-25-33-41-49(53)57-46(36-28-18-14-10-3)37-29-19-15-11-4/h44-47H,8-43H2,1-7H3. The van der Waals surface area contributed by atoms with Gasteiger partial charge in [-0.15, -0.1) is 0 Å². The second kappa shape index (κ2) is 42.0.